The van der Waals surface area contributed by atoms with E-state index in [1.54, 1.807) is 31.3 Å². The van der Waals surface area contributed by atoms with Crippen molar-refractivity contribution >= 4 is 29.3 Å². The van der Waals surface area contributed by atoms with Crippen molar-refractivity contribution in [1.82, 2.24) is 4.98 Å². The number of carboxylic acid groups (broad SMARTS) is 1. The smallest absolute Gasteiger partial charge is 0.326 e. The van der Waals surface area contributed by atoms with E-state index in [1.807, 2.05) is 0 Å². The minimum Gasteiger partial charge on any atom is -0.480 e. The first-order chi connectivity index (χ1) is 12.9. The van der Waals surface area contributed by atoms with Gasteiger partial charge in [0, 0.05) is 24.4 Å². The Morgan fingerprint density at radius 1 is 1.41 bits per heavy atom. The summed E-state index contributed by atoms with van der Waals surface area (Å²) in [7, 11) is 0. The van der Waals surface area contributed by atoms with E-state index >= 15 is 0 Å². The standard InChI is InChI=1S/C18H15N3O6/c1-2-13(18(23)24)20-14-10-12(21(25)26)6-7-15(14)27-16(17(20)22)9-11-5-3-4-8-19-11/h3-10,13H,2H2,1H3,(H,23,24)/b16-9+. The normalized spacial score (nSPS) is 15.8. The van der Waals surface area contributed by atoms with Crippen LogP contribution < -0.4 is 9.64 Å². The number of amides is 1. The number of carbonyl (C=O) groups excluding carboxylic acids is 1. The lowest BCUT2D eigenvalue weighted by Gasteiger charge is -2.33. The first-order valence-corrected chi connectivity index (χ1v) is 8.07. The number of pyridine rings is 1. The summed E-state index contributed by atoms with van der Waals surface area (Å²) >= 11 is 0. The summed E-state index contributed by atoms with van der Waals surface area (Å²) in [6.45, 7) is 1.61. The molecule has 138 valence electrons. The van der Waals surface area contributed by atoms with Crippen LogP contribution in [0.3, 0.4) is 0 Å². The third kappa shape index (κ3) is 3.47. The first kappa shape index (κ1) is 18.1. The van der Waals surface area contributed by atoms with Gasteiger partial charge in [-0.15, -0.1) is 0 Å². The zero-order valence-electron chi connectivity index (χ0n) is 14.2. The van der Waals surface area contributed by atoms with Crippen molar-refractivity contribution in [3.8, 4) is 5.75 Å². The summed E-state index contributed by atoms with van der Waals surface area (Å²) < 4.78 is 5.60. The van der Waals surface area contributed by atoms with Gasteiger partial charge in [-0.1, -0.05) is 13.0 Å². The lowest BCUT2D eigenvalue weighted by atomic mass is 10.1. The average molecular weight is 369 g/mol. The van der Waals surface area contributed by atoms with E-state index < -0.39 is 22.8 Å². The van der Waals surface area contributed by atoms with Gasteiger partial charge in [-0.25, -0.2) is 4.79 Å². The molecular formula is C18H15N3O6. The molecule has 0 radical (unpaired) electrons. The van der Waals surface area contributed by atoms with Gasteiger partial charge >= 0.3 is 5.97 Å². The number of aliphatic carboxylic acids is 1. The van der Waals surface area contributed by atoms with Crippen LogP contribution in [0.5, 0.6) is 5.75 Å². The molecule has 0 spiro atoms. The molecule has 1 aromatic carbocycles. The van der Waals surface area contributed by atoms with Crippen LogP contribution >= 0.6 is 0 Å². The van der Waals surface area contributed by atoms with Crippen molar-refractivity contribution < 1.29 is 24.4 Å². The van der Waals surface area contributed by atoms with E-state index in [0.29, 0.717) is 5.69 Å². The molecule has 0 fully saturated rings. The second-order valence-corrected chi connectivity index (χ2v) is 5.71. The van der Waals surface area contributed by atoms with Gasteiger partial charge < -0.3 is 9.84 Å². The fourth-order valence-corrected chi connectivity index (χ4v) is 2.75. The second-order valence-electron chi connectivity index (χ2n) is 5.71. The number of nitro benzene ring substituents is 1. The van der Waals surface area contributed by atoms with E-state index in [4.69, 9.17) is 4.74 Å². The van der Waals surface area contributed by atoms with Crippen LogP contribution in [0.1, 0.15) is 19.0 Å². The fourth-order valence-electron chi connectivity index (χ4n) is 2.75. The highest BCUT2D eigenvalue weighted by atomic mass is 16.6. The van der Waals surface area contributed by atoms with Crippen LogP contribution in [-0.2, 0) is 9.59 Å². The van der Waals surface area contributed by atoms with Gasteiger partial charge in [-0.2, -0.15) is 0 Å². The molecular weight excluding hydrogens is 354 g/mol. The number of fused-ring (bicyclic) bond motifs is 1. The third-order valence-electron chi connectivity index (χ3n) is 4.01. The number of carboxylic acids is 1. The molecule has 1 N–H and O–H groups in total. The van der Waals surface area contributed by atoms with Gasteiger partial charge in [-0.05, 0) is 24.6 Å². The Bertz CT molecular complexity index is 941. The molecule has 9 nitrogen and oxygen atoms in total. The predicted molar refractivity (Wildman–Crippen MR) is 95.1 cm³/mol. The molecule has 1 unspecified atom stereocenters. The van der Waals surface area contributed by atoms with E-state index in [9.17, 15) is 24.8 Å². The maximum absolute atomic E-state index is 13.0. The lowest BCUT2D eigenvalue weighted by Crippen LogP contribution is -2.48. The maximum Gasteiger partial charge on any atom is 0.326 e. The fraction of sp³-hybridized carbons (Fsp3) is 0.167. The topological polar surface area (TPSA) is 123 Å². The minimum absolute atomic E-state index is 0.0432. The number of ether oxygens (including phenoxy) is 1. The van der Waals surface area contributed by atoms with Crippen molar-refractivity contribution in [1.29, 1.82) is 0 Å². The van der Waals surface area contributed by atoms with E-state index in [-0.39, 0.29) is 29.3 Å². The molecule has 0 bridgehead atoms. The summed E-state index contributed by atoms with van der Waals surface area (Å²) in [4.78, 5) is 40.2. The van der Waals surface area contributed by atoms with Gasteiger partial charge in [0.1, 0.15) is 6.04 Å². The molecule has 2 aromatic rings. The van der Waals surface area contributed by atoms with Crippen molar-refractivity contribution in [3.05, 3.63) is 64.2 Å². The Kier molecular flexibility index (Phi) is 4.84. The number of rotatable bonds is 5. The van der Waals surface area contributed by atoms with Crippen molar-refractivity contribution in [2.75, 3.05) is 4.90 Å². The van der Waals surface area contributed by atoms with Crippen LogP contribution in [0.2, 0.25) is 0 Å². The number of anilines is 1. The molecule has 1 amide bonds. The van der Waals surface area contributed by atoms with Crippen molar-refractivity contribution in [2.45, 2.75) is 19.4 Å². The van der Waals surface area contributed by atoms with Crippen molar-refractivity contribution in [3.63, 3.8) is 0 Å². The number of aromatic nitrogens is 1. The molecule has 1 aliphatic rings. The number of hydrogen-bond acceptors (Lipinski definition) is 6. The second kappa shape index (κ2) is 7.24. The number of hydrogen-bond donors (Lipinski definition) is 1. The monoisotopic (exact) mass is 369 g/mol. The SMILES string of the molecule is CCC(C(=O)O)N1C(=O)/C(=C\c2ccccn2)Oc2ccc([N+](=O)[O-])cc21. The predicted octanol–water partition coefficient (Wildman–Crippen LogP) is 2.62. The largest absolute Gasteiger partial charge is 0.480 e. The maximum atomic E-state index is 13.0. The molecule has 2 heterocycles. The number of carbonyl (C=O) groups is 2. The molecule has 3 rings (SSSR count). The van der Waals surface area contributed by atoms with E-state index in [1.165, 1.54) is 18.2 Å². The Morgan fingerprint density at radius 3 is 2.78 bits per heavy atom. The van der Waals surface area contributed by atoms with Gasteiger partial charge in [0.25, 0.3) is 11.6 Å². The van der Waals surface area contributed by atoms with Gasteiger partial charge in [0.2, 0.25) is 0 Å². The van der Waals surface area contributed by atoms with Crippen molar-refractivity contribution in [2.24, 2.45) is 0 Å². The molecule has 0 saturated heterocycles. The van der Waals surface area contributed by atoms with E-state index in [0.717, 1.165) is 11.0 Å². The number of benzene rings is 1. The third-order valence-corrected chi connectivity index (χ3v) is 4.01. The molecule has 27 heavy (non-hydrogen) atoms. The molecule has 1 aromatic heterocycles. The van der Waals surface area contributed by atoms with Crippen LogP contribution in [0.25, 0.3) is 6.08 Å². The summed E-state index contributed by atoms with van der Waals surface area (Å²) in [5.74, 6) is -1.89. The summed E-state index contributed by atoms with van der Waals surface area (Å²) in [6.07, 6.45) is 3.05. The quantitative estimate of drug-likeness (QED) is 0.488. The highest BCUT2D eigenvalue weighted by Crippen LogP contribution is 2.40. The van der Waals surface area contributed by atoms with E-state index in [2.05, 4.69) is 4.98 Å². The van der Waals surface area contributed by atoms with Crippen LogP contribution in [0, 0.1) is 10.1 Å². The Labute approximate surface area is 153 Å². The number of nitro groups is 1. The van der Waals surface area contributed by atoms with Crippen LogP contribution in [0.4, 0.5) is 11.4 Å². The minimum atomic E-state index is -1.22. The average Bonchev–Trinajstić information content (AvgIpc) is 2.65. The molecule has 1 atom stereocenters. The van der Waals surface area contributed by atoms with Crippen LogP contribution in [-0.4, -0.2) is 32.9 Å². The Hall–Kier alpha value is -3.75. The lowest BCUT2D eigenvalue weighted by molar-refractivity contribution is -0.384. The zero-order valence-corrected chi connectivity index (χ0v) is 14.2. The summed E-state index contributed by atoms with van der Waals surface area (Å²) in [6, 6.07) is 7.61. The summed E-state index contributed by atoms with van der Waals surface area (Å²) in [5, 5.41) is 20.6. The number of non-ortho nitro benzene ring substituents is 1. The van der Waals surface area contributed by atoms with Crippen LogP contribution in [0.15, 0.2) is 48.4 Å². The first-order valence-electron chi connectivity index (χ1n) is 8.07. The Morgan fingerprint density at radius 2 is 2.19 bits per heavy atom. The zero-order chi connectivity index (χ0) is 19.6. The van der Waals surface area contributed by atoms with Gasteiger partial charge in [0.05, 0.1) is 16.3 Å². The molecule has 0 aliphatic carbocycles. The highest BCUT2D eigenvalue weighted by Gasteiger charge is 2.38. The highest BCUT2D eigenvalue weighted by molar-refractivity contribution is 6.12. The summed E-state index contributed by atoms with van der Waals surface area (Å²) in [5.41, 5.74) is 0.226. The van der Waals surface area contributed by atoms with Gasteiger partial charge in [0.15, 0.2) is 11.5 Å². The molecule has 0 saturated carbocycles. The Balaban J connectivity index is 2.15. The number of nitrogens with zero attached hydrogens (tertiary/aromatic N) is 3. The molecule has 9 heteroatoms. The van der Waals surface area contributed by atoms with Gasteiger partial charge in [-0.3, -0.25) is 24.8 Å². The molecule has 1 aliphatic heterocycles.